The van der Waals surface area contributed by atoms with Crippen molar-refractivity contribution in [3.8, 4) is 0 Å². The van der Waals surface area contributed by atoms with Gasteiger partial charge in [-0.1, -0.05) is 30.7 Å². The van der Waals surface area contributed by atoms with Gasteiger partial charge in [0.1, 0.15) is 0 Å². The number of likely N-dealkylation sites (tertiary alicyclic amines) is 1. The molecule has 1 atom stereocenters. The first-order chi connectivity index (χ1) is 14.1. The fourth-order valence-corrected chi connectivity index (χ4v) is 4.58. The molecule has 1 saturated heterocycles. The van der Waals surface area contributed by atoms with Gasteiger partial charge in [-0.25, -0.2) is 0 Å². The van der Waals surface area contributed by atoms with Crippen LogP contribution in [0.15, 0.2) is 36.4 Å². The molecule has 2 heterocycles. The van der Waals surface area contributed by atoms with Crippen LogP contribution in [0.2, 0.25) is 0 Å². The maximum atomic E-state index is 12.4. The molecule has 1 aliphatic carbocycles. The van der Waals surface area contributed by atoms with Crippen LogP contribution < -0.4 is 10.6 Å². The zero-order valence-electron chi connectivity index (χ0n) is 16.9. The van der Waals surface area contributed by atoms with Gasteiger partial charge in [0, 0.05) is 25.0 Å². The lowest BCUT2D eigenvalue weighted by molar-refractivity contribution is -0.117. The van der Waals surface area contributed by atoms with E-state index < -0.39 is 0 Å². The molecule has 1 aromatic heterocycles. The zero-order chi connectivity index (χ0) is 20.2. The lowest BCUT2D eigenvalue weighted by atomic mass is 10.0. The topological polar surface area (TPSA) is 61.4 Å². The van der Waals surface area contributed by atoms with Crippen LogP contribution in [0.4, 0.5) is 5.00 Å². The fourth-order valence-electron chi connectivity index (χ4n) is 3.76. The first-order valence-electron chi connectivity index (χ1n) is 10.6. The molecular formula is C23H29N3O2S. The Kier molecular flexibility index (Phi) is 6.31. The van der Waals surface area contributed by atoms with Gasteiger partial charge >= 0.3 is 0 Å². The number of hydrogen-bond donors (Lipinski definition) is 2. The molecule has 1 aliphatic heterocycles. The fraction of sp³-hybridized carbons (Fsp3) is 0.478. The van der Waals surface area contributed by atoms with E-state index in [0.29, 0.717) is 17.5 Å². The van der Waals surface area contributed by atoms with Gasteiger partial charge in [0.2, 0.25) is 5.91 Å². The molecule has 154 valence electrons. The van der Waals surface area contributed by atoms with Crippen LogP contribution in [0.1, 0.15) is 59.8 Å². The SMILES string of the molecule is CC1CCCCN1Cc1ccc(CNC(=O)c2ccc(NC(=O)C3CC3)s2)cc1. The van der Waals surface area contributed by atoms with Crippen LogP contribution in [-0.2, 0) is 17.9 Å². The number of carbonyl (C=O) groups excluding carboxylic acids is 2. The Hall–Kier alpha value is -2.18. The third-order valence-electron chi connectivity index (χ3n) is 5.83. The average Bonchev–Trinajstić information content (AvgIpc) is 3.48. The number of thiophene rings is 1. The highest BCUT2D eigenvalue weighted by Crippen LogP contribution is 2.31. The molecule has 2 aromatic rings. The highest BCUT2D eigenvalue weighted by molar-refractivity contribution is 7.18. The number of rotatable bonds is 7. The number of piperidine rings is 1. The molecule has 0 spiro atoms. The molecule has 1 saturated carbocycles. The summed E-state index contributed by atoms with van der Waals surface area (Å²) in [6, 6.07) is 12.8. The third kappa shape index (κ3) is 5.46. The van der Waals surface area contributed by atoms with Crippen LogP contribution >= 0.6 is 11.3 Å². The van der Waals surface area contributed by atoms with Gasteiger partial charge < -0.3 is 10.6 Å². The van der Waals surface area contributed by atoms with E-state index in [4.69, 9.17) is 0 Å². The smallest absolute Gasteiger partial charge is 0.261 e. The van der Waals surface area contributed by atoms with Gasteiger partial charge in [-0.15, -0.1) is 11.3 Å². The van der Waals surface area contributed by atoms with Gasteiger partial charge in [-0.3, -0.25) is 14.5 Å². The molecule has 6 heteroatoms. The molecule has 1 unspecified atom stereocenters. The molecule has 0 radical (unpaired) electrons. The molecule has 0 bridgehead atoms. The first kappa shape index (κ1) is 20.1. The summed E-state index contributed by atoms with van der Waals surface area (Å²) in [7, 11) is 0. The van der Waals surface area contributed by atoms with E-state index in [1.807, 2.05) is 0 Å². The Labute approximate surface area is 176 Å². The number of hydrogen-bond acceptors (Lipinski definition) is 4. The average molecular weight is 412 g/mol. The minimum absolute atomic E-state index is 0.0674. The summed E-state index contributed by atoms with van der Waals surface area (Å²) in [5.74, 6) is 0.126. The maximum Gasteiger partial charge on any atom is 0.261 e. The Morgan fingerprint density at radius 3 is 2.52 bits per heavy atom. The second kappa shape index (κ2) is 9.09. The van der Waals surface area contributed by atoms with Crippen molar-refractivity contribution in [3.63, 3.8) is 0 Å². The molecule has 2 aliphatic rings. The van der Waals surface area contributed by atoms with Gasteiger partial charge in [0.05, 0.1) is 9.88 Å². The molecule has 2 amide bonds. The third-order valence-corrected chi connectivity index (χ3v) is 6.83. The summed E-state index contributed by atoms with van der Waals surface area (Å²) in [5, 5.41) is 6.60. The van der Waals surface area contributed by atoms with Crippen LogP contribution in [0.5, 0.6) is 0 Å². The highest BCUT2D eigenvalue weighted by Gasteiger charge is 2.29. The van der Waals surface area contributed by atoms with Crippen LogP contribution in [0.25, 0.3) is 0 Å². The minimum atomic E-state index is -0.104. The lowest BCUT2D eigenvalue weighted by Gasteiger charge is -2.33. The zero-order valence-corrected chi connectivity index (χ0v) is 17.8. The maximum absolute atomic E-state index is 12.4. The van der Waals surface area contributed by atoms with Crippen LogP contribution in [-0.4, -0.2) is 29.3 Å². The number of amides is 2. The van der Waals surface area contributed by atoms with Crippen molar-refractivity contribution < 1.29 is 9.59 Å². The number of carbonyl (C=O) groups is 2. The predicted molar refractivity (Wildman–Crippen MR) is 117 cm³/mol. The standard InChI is InChI=1S/C23H29N3O2S/c1-16-4-2-3-13-26(16)15-18-7-5-17(6-8-18)14-24-23(28)20-11-12-21(29-20)25-22(27)19-9-10-19/h5-8,11-12,16,19H,2-4,9-10,13-15H2,1H3,(H,24,28)(H,25,27). The Balaban J connectivity index is 1.25. The monoisotopic (exact) mass is 411 g/mol. The van der Waals surface area contributed by atoms with Crippen molar-refractivity contribution in [2.45, 2.75) is 58.2 Å². The molecule has 29 heavy (non-hydrogen) atoms. The Morgan fingerprint density at radius 2 is 1.79 bits per heavy atom. The van der Waals surface area contributed by atoms with Crippen molar-refractivity contribution in [2.24, 2.45) is 5.92 Å². The molecule has 4 rings (SSSR count). The van der Waals surface area contributed by atoms with E-state index in [1.165, 1.54) is 42.7 Å². The van der Waals surface area contributed by atoms with E-state index in [-0.39, 0.29) is 17.7 Å². The van der Waals surface area contributed by atoms with Crippen molar-refractivity contribution in [3.05, 3.63) is 52.4 Å². The van der Waals surface area contributed by atoms with Gasteiger partial charge in [-0.05, 0) is 62.4 Å². The number of nitrogens with one attached hydrogen (secondary N) is 2. The lowest BCUT2D eigenvalue weighted by Crippen LogP contribution is -2.36. The van der Waals surface area contributed by atoms with Gasteiger partial charge in [-0.2, -0.15) is 0 Å². The van der Waals surface area contributed by atoms with Gasteiger partial charge in [0.25, 0.3) is 5.91 Å². The van der Waals surface area contributed by atoms with E-state index in [9.17, 15) is 9.59 Å². The van der Waals surface area contributed by atoms with Crippen LogP contribution in [0, 0.1) is 5.92 Å². The van der Waals surface area contributed by atoms with Crippen molar-refractivity contribution >= 4 is 28.2 Å². The minimum Gasteiger partial charge on any atom is -0.347 e. The summed E-state index contributed by atoms with van der Waals surface area (Å²) < 4.78 is 0. The second-order valence-electron chi connectivity index (χ2n) is 8.24. The Morgan fingerprint density at radius 1 is 1.03 bits per heavy atom. The number of anilines is 1. The normalized spacial score (nSPS) is 19.7. The first-order valence-corrected chi connectivity index (χ1v) is 11.4. The summed E-state index contributed by atoms with van der Waals surface area (Å²) in [4.78, 5) is 27.4. The van der Waals surface area contributed by atoms with E-state index in [2.05, 4.69) is 46.7 Å². The van der Waals surface area contributed by atoms with E-state index in [0.717, 1.165) is 30.0 Å². The number of nitrogens with zero attached hydrogens (tertiary/aromatic N) is 1. The summed E-state index contributed by atoms with van der Waals surface area (Å²) in [5.41, 5.74) is 2.41. The second-order valence-corrected chi connectivity index (χ2v) is 9.33. The van der Waals surface area contributed by atoms with E-state index >= 15 is 0 Å². The van der Waals surface area contributed by atoms with Crippen LogP contribution in [0.3, 0.4) is 0 Å². The van der Waals surface area contributed by atoms with Crippen molar-refractivity contribution in [1.82, 2.24) is 10.2 Å². The summed E-state index contributed by atoms with van der Waals surface area (Å²) >= 11 is 1.32. The Bertz CT molecular complexity index is 857. The van der Waals surface area contributed by atoms with E-state index in [1.54, 1.807) is 12.1 Å². The quantitative estimate of drug-likeness (QED) is 0.710. The molecule has 1 aromatic carbocycles. The summed E-state index contributed by atoms with van der Waals surface area (Å²) in [6.45, 7) is 5.00. The van der Waals surface area contributed by atoms with Crippen molar-refractivity contribution in [2.75, 3.05) is 11.9 Å². The predicted octanol–water partition coefficient (Wildman–Crippen LogP) is 4.40. The highest BCUT2D eigenvalue weighted by atomic mass is 32.1. The number of benzene rings is 1. The largest absolute Gasteiger partial charge is 0.347 e. The summed E-state index contributed by atoms with van der Waals surface area (Å²) in [6.07, 6.45) is 5.87. The molecule has 2 fully saturated rings. The van der Waals surface area contributed by atoms with Gasteiger partial charge in [0.15, 0.2) is 0 Å². The van der Waals surface area contributed by atoms with Crippen molar-refractivity contribution in [1.29, 1.82) is 0 Å². The molecular weight excluding hydrogens is 382 g/mol. The molecule has 5 nitrogen and oxygen atoms in total. The molecule has 2 N–H and O–H groups in total.